The lowest BCUT2D eigenvalue weighted by molar-refractivity contribution is 0.0952. The molecule has 1 N–H and O–H groups in total. The maximum absolute atomic E-state index is 13.1. The summed E-state index contributed by atoms with van der Waals surface area (Å²) in [6, 6.07) is 10.4. The Morgan fingerprint density at radius 3 is 2.68 bits per heavy atom. The molecular weight excluding hydrogens is 390 g/mol. The van der Waals surface area contributed by atoms with Crippen molar-refractivity contribution in [1.29, 1.82) is 0 Å². The first-order chi connectivity index (χ1) is 15.2. The molecule has 1 aliphatic heterocycles. The Kier molecular flexibility index (Phi) is 5.59. The van der Waals surface area contributed by atoms with Gasteiger partial charge < -0.3 is 15.0 Å². The van der Waals surface area contributed by atoms with Gasteiger partial charge in [-0.2, -0.15) is 5.10 Å². The molecule has 1 amide bonds. The van der Waals surface area contributed by atoms with Crippen LogP contribution in [-0.2, 0) is 17.8 Å². The second-order valence-corrected chi connectivity index (χ2v) is 8.42. The summed E-state index contributed by atoms with van der Waals surface area (Å²) in [5.41, 5.74) is 4.81. The van der Waals surface area contributed by atoms with Crippen molar-refractivity contribution in [2.24, 2.45) is 0 Å². The number of hydrogen-bond acceptors (Lipinski definition) is 5. The number of morpholine rings is 1. The fraction of sp³-hybridized carbons (Fsp3) is 0.458. The number of nitrogens with zero attached hydrogens (tertiary/aromatic N) is 4. The Balaban J connectivity index is 1.32. The molecule has 3 aromatic rings. The Morgan fingerprint density at radius 2 is 1.97 bits per heavy atom. The monoisotopic (exact) mass is 419 g/mol. The summed E-state index contributed by atoms with van der Waals surface area (Å²) in [7, 11) is 0. The third-order valence-corrected chi connectivity index (χ3v) is 6.07. The number of benzene rings is 1. The molecule has 7 heteroatoms. The van der Waals surface area contributed by atoms with E-state index in [1.807, 2.05) is 10.7 Å². The third kappa shape index (κ3) is 4.28. The number of carbonyl (C=O) groups excluding carboxylic acids is 1. The van der Waals surface area contributed by atoms with Gasteiger partial charge in [0.15, 0.2) is 5.65 Å². The van der Waals surface area contributed by atoms with Crippen LogP contribution in [-0.4, -0.2) is 47.0 Å². The second kappa shape index (κ2) is 8.67. The number of anilines is 1. The minimum atomic E-state index is -0.0670. The first-order valence-corrected chi connectivity index (χ1v) is 11.3. The van der Waals surface area contributed by atoms with E-state index in [1.54, 1.807) is 6.20 Å². The van der Waals surface area contributed by atoms with Crippen molar-refractivity contribution < 1.29 is 9.53 Å². The van der Waals surface area contributed by atoms with Gasteiger partial charge in [-0.3, -0.25) is 4.79 Å². The number of rotatable bonds is 7. The molecule has 31 heavy (non-hydrogen) atoms. The van der Waals surface area contributed by atoms with Crippen LogP contribution in [0.1, 0.15) is 53.7 Å². The van der Waals surface area contributed by atoms with Gasteiger partial charge >= 0.3 is 0 Å². The van der Waals surface area contributed by atoms with Crippen molar-refractivity contribution in [3.8, 4) is 0 Å². The minimum absolute atomic E-state index is 0.0670. The molecule has 3 heterocycles. The molecule has 0 atom stereocenters. The highest BCUT2D eigenvalue weighted by atomic mass is 16.5. The highest BCUT2D eigenvalue weighted by molar-refractivity contribution is 6.05. The lowest BCUT2D eigenvalue weighted by Gasteiger charge is -2.28. The molecule has 5 rings (SSSR count). The summed E-state index contributed by atoms with van der Waals surface area (Å²) >= 11 is 0. The van der Waals surface area contributed by atoms with Crippen LogP contribution in [0.15, 0.2) is 36.5 Å². The van der Waals surface area contributed by atoms with Gasteiger partial charge in [-0.25, -0.2) is 9.67 Å². The number of hydrogen-bond donors (Lipinski definition) is 1. The van der Waals surface area contributed by atoms with Crippen LogP contribution in [0.3, 0.4) is 0 Å². The number of ether oxygens (including phenoxy) is 1. The second-order valence-electron chi connectivity index (χ2n) is 8.42. The largest absolute Gasteiger partial charge is 0.378 e. The molecule has 2 aliphatic rings. The predicted molar refractivity (Wildman–Crippen MR) is 120 cm³/mol. The number of amides is 1. The molecule has 162 valence electrons. The van der Waals surface area contributed by atoms with E-state index in [9.17, 15) is 4.79 Å². The first-order valence-electron chi connectivity index (χ1n) is 11.3. The number of aryl methyl sites for hydroxylation is 1. The van der Waals surface area contributed by atoms with Crippen LogP contribution in [0.2, 0.25) is 0 Å². The molecule has 1 saturated carbocycles. The van der Waals surface area contributed by atoms with Gasteiger partial charge in [0.05, 0.1) is 30.4 Å². The minimum Gasteiger partial charge on any atom is -0.378 e. The molecule has 0 unspecified atom stereocenters. The zero-order valence-corrected chi connectivity index (χ0v) is 18.0. The van der Waals surface area contributed by atoms with Crippen molar-refractivity contribution in [1.82, 2.24) is 20.1 Å². The summed E-state index contributed by atoms with van der Waals surface area (Å²) in [6.45, 7) is 6.81. The van der Waals surface area contributed by atoms with E-state index in [-0.39, 0.29) is 5.91 Å². The fourth-order valence-electron chi connectivity index (χ4n) is 4.14. The molecule has 0 spiro atoms. The van der Waals surface area contributed by atoms with Gasteiger partial charge in [0, 0.05) is 43.5 Å². The van der Waals surface area contributed by atoms with E-state index in [0.29, 0.717) is 18.0 Å². The third-order valence-electron chi connectivity index (χ3n) is 6.07. The lowest BCUT2D eigenvalue weighted by atomic mass is 10.1. The van der Waals surface area contributed by atoms with Crippen molar-refractivity contribution in [2.45, 2.75) is 45.2 Å². The van der Waals surface area contributed by atoms with Crippen LogP contribution in [0.25, 0.3) is 11.0 Å². The van der Waals surface area contributed by atoms with Crippen molar-refractivity contribution in [3.05, 3.63) is 53.3 Å². The van der Waals surface area contributed by atoms with Crippen molar-refractivity contribution >= 4 is 22.6 Å². The molecule has 0 bridgehead atoms. The summed E-state index contributed by atoms with van der Waals surface area (Å²) in [6.07, 6.45) is 5.06. The van der Waals surface area contributed by atoms with Gasteiger partial charge in [0.25, 0.3) is 5.91 Å². The van der Waals surface area contributed by atoms with Crippen LogP contribution in [0.5, 0.6) is 0 Å². The summed E-state index contributed by atoms with van der Waals surface area (Å²) < 4.78 is 7.34. The molecule has 0 radical (unpaired) electrons. The standard InChI is InChI=1S/C24H29N5O2/c1-2-9-29-23-21(16-26-29)20(14-22(27-23)18-5-6-18)24(30)25-15-17-3-7-19(8-4-17)28-10-12-31-13-11-28/h3-4,7-8,14,16,18H,2,5-6,9-13,15H2,1H3,(H,25,30). The molecular formula is C24H29N5O2. The quantitative estimate of drug-likeness (QED) is 0.635. The van der Waals surface area contributed by atoms with Crippen LogP contribution < -0.4 is 10.2 Å². The zero-order valence-electron chi connectivity index (χ0n) is 18.0. The molecule has 7 nitrogen and oxygen atoms in total. The van der Waals surface area contributed by atoms with E-state index in [1.165, 1.54) is 5.69 Å². The van der Waals surface area contributed by atoms with E-state index in [4.69, 9.17) is 9.72 Å². The average molecular weight is 420 g/mol. The molecule has 1 aromatic carbocycles. The number of carbonyl (C=O) groups is 1. The van der Waals surface area contributed by atoms with Gasteiger partial charge in [-0.15, -0.1) is 0 Å². The van der Waals surface area contributed by atoms with Gasteiger partial charge in [0.1, 0.15) is 0 Å². The maximum Gasteiger partial charge on any atom is 0.252 e. The fourth-order valence-corrected chi connectivity index (χ4v) is 4.14. The van der Waals surface area contributed by atoms with E-state index < -0.39 is 0 Å². The van der Waals surface area contributed by atoms with Crippen LogP contribution in [0.4, 0.5) is 5.69 Å². The zero-order chi connectivity index (χ0) is 21.2. The van der Waals surface area contributed by atoms with Crippen LogP contribution >= 0.6 is 0 Å². The van der Waals surface area contributed by atoms with Crippen LogP contribution in [0, 0.1) is 0 Å². The number of pyridine rings is 1. The summed E-state index contributed by atoms with van der Waals surface area (Å²) in [4.78, 5) is 20.3. The molecule has 2 fully saturated rings. The van der Waals surface area contributed by atoms with Gasteiger partial charge in [-0.1, -0.05) is 19.1 Å². The maximum atomic E-state index is 13.1. The summed E-state index contributed by atoms with van der Waals surface area (Å²) in [5.74, 6) is 0.413. The average Bonchev–Trinajstić information content (AvgIpc) is 3.59. The first kappa shape index (κ1) is 20.0. The number of nitrogens with one attached hydrogen (secondary N) is 1. The number of aromatic nitrogens is 3. The molecule has 1 aliphatic carbocycles. The van der Waals surface area contributed by atoms with Crippen molar-refractivity contribution in [3.63, 3.8) is 0 Å². The van der Waals surface area contributed by atoms with E-state index in [2.05, 4.69) is 46.5 Å². The highest BCUT2D eigenvalue weighted by Crippen LogP contribution is 2.40. The number of fused-ring (bicyclic) bond motifs is 1. The summed E-state index contributed by atoms with van der Waals surface area (Å²) in [5, 5.41) is 8.41. The Hall–Kier alpha value is -2.93. The Labute approximate surface area is 182 Å². The smallest absolute Gasteiger partial charge is 0.252 e. The van der Waals surface area contributed by atoms with Gasteiger partial charge in [0.2, 0.25) is 0 Å². The van der Waals surface area contributed by atoms with E-state index >= 15 is 0 Å². The SMILES string of the molecule is CCCn1ncc2c(C(=O)NCc3ccc(N4CCOCC4)cc3)cc(C3CC3)nc21. The molecule has 2 aromatic heterocycles. The van der Waals surface area contributed by atoms with E-state index in [0.717, 1.165) is 74.4 Å². The Morgan fingerprint density at radius 1 is 1.19 bits per heavy atom. The van der Waals surface area contributed by atoms with Crippen molar-refractivity contribution in [2.75, 3.05) is 31.2 Å². The topological polar surface area (TPSA) is 72.3 Å². The lowest BCUT2D eigenvalue weighted by Crippen LogP contribution is -2.36. The highest BCUT2D eigenvalue weighted by Gasteiger charge is 2.28. The Bertz CT molecular complexity index is 1070. The predicted octanol–water partition coefficient (Wildman–Crippen LogP) is 3.49. The van der Waals surface area contributed by atoms with Gasteiger partial charge in [-0.05, 0) is 43.0 Å². The normalized spacial score (nSPS) is 16.6. The molecule has 1 saturated heterocycles.